The first-order chi connectivity index (χ1) is 22.5. The van der Waals surface area contributed by atoms with Crippen molar-refractivity contribution >= 4 is 31.4 Å². The van der Waals surface area contributed by atoms with E-state index in [0.717, 1.165) is 37.6 Å². The van der Waals surface area contributed by atoms with Crippen molar-refractivity contribution in [3.8, 4) is 0 Å². The van der Waals surface area contributed by atoms with Gasteiger partial charge in [-0.25, -0.2) is 9.78 Å². The highest BCUT2D eigenvalue weighted by atomic mass is 28.4. The van der Waals surface area contributed by atoms with Crippen molar-refractivity contribution in [2.24, 2.45) is 11.8 Å². The molecule has 3 amide bonds. The topological polar surface area (TPSA) is 106 Å². The number of urea groups is 1. The van der Waals surface area contributed by atoms with Gasteiger partial charge in [-0.05, 0) is 67.4 Å². The SMILES string of the molecule is CC(C)(C)[Si](C)(C)OC(CCc1ccccc1)(CNC(=O)C(CNC(=O)N1CCOCC1)C1CCCCC1)c1nc2ccccc2o1. The van der Waals surface area contributed by atoms with Crippen molar-refractivity contribution in [1.29, 1.82) is 0 Å². The molecule has 2 unspecified atom stereocenters. The second kappa shape index (κ2) is 15.3. The Kier molecular flexibility index (Phi) is 11.5. The lowest BCUT2D eigenvalue weighted by Crippen LogP contribution is -2.55. The molecule has 47 heavy (non-hydrogen) atoms. The fourth-order valence-electron chi connectivity index (χ4n) is 6.55. The summed E-state index contributed by atoms with van der Waals surface area (Å²) in [6.07, 6.45) is 6.66. The van der Waals surface area contributed by atoms with Crippen LogP contribution in [0, 0.1) is 11.8 Å². The predicted molar refractivity (Wildman–Crippen MR) is 188 cm³/mol. The van der Waals surface area contributed by atoms with Crippen LogP contribution in [0.15, 0.2) is 59.0 Å². The summed E-state index contributed by atoms with van der Waals surface area (Å²) in [5.41, 5.74) is 1.65. The molecule has 5 rings (SSSR count). The molecule has 0 spiro atoms. The third-order valence-electron chi connectivity index (χ3n) is 10.5. The van der Waals surface area contributed by atoms with Crippen LogP contribution in [-0.2, 0) is 26.0 Å². The summed E-state index contributed by atoms with van der Waals surface area (Å²) in [4.78, 5) is 34.2. The average molecular weight is 663 g/mol. The Morgan fingerprint density at radius 2 is 1.66 bits per heavy atom. The number of aromatic nitrogens is 1. The molecule has 1 aromatic heterocycles. The van der Waals surface area contributed by atoms with Gasteiger partial charge in [-0.15, -0.1) is 0 Å². The van der Waals surface area contributed by atoms with E-state index in [1.807, 2.05) is 42.5 Å². The summed E-state index contributed by atoms with van der Waals surface area (Å²) >= 11 is 0. The van der Waals surface area contributed by atoms with Crippen LogP contribution in [0.4, 0.5) is 4.79 Å². The van der Waals surface area contributed by atoms with E-state index in [1.54, 1.807) is 4.90 Å². The summed E-state index contributed by atoms with van der Waals surface area (Å²) in [6, 6.07) is 18.0. The molecule has 256 valence electrons. The molecule has 9 nitrogen and oxygen atoms in total. The average Bonchev–Trinajstić information content (AvgIpc) is 3.52. The first-order valence-electron chi connectivity index (χ1n) is 17.5. The van der Waals surface area contributed by atoms with Crippen LogP contribution in [0.5, 0.6) is 0 Å². The fourth-order valence-corrected chi connectivity index (χ4v) is 8.09. The maximum absolute atomic E-state index is 14.3. The highest BCUT2D eigenvalue weighted by molar-refractivity contribution is 6.74. The van der Waals surface area contributed by atoms with Crippen LogP contribution < -0.4 is 10.6 Å². The van der Waals surface area contributed by atoms with E-state index in [9.17, 15) is 9.59 Å². The number of nitrogens with zero attached hydrogens (tertiary/aromatic N) is 2. The lowest BCUT2D eigenvalue weighted by Gasteiger charge is -2.44. The van der Waals surface area contributed by atoms with Crippen LogP contribution in [0.1, 0.15) is 70.8 Å². The molecule has 2 atom stereocenters. The van der Waals surface area contributed by atoms with Gasteiger partial charge >= 0.3 is 6.03 Å². The molecule has 10 heteroatoms. The molecule has 1 aliphatic carbocycles. The molecule has 2 N–H and O–H groups in total. The summed E-state index contributed by atoms with van der Waals surface area (Å²) in [5.74, 6) is 0.300. The quantitative estimate of drug-likeness (QED) is 0.202. The Morgan fingerprint density at radius 1 is 0.979 bits per heavy atom. The number of nitrogens with one attached hydrogen (secondary N) is 2. The predicted octanol–water partition coefficient (Wildman–Crippen LogP) is 7.03. The maximum Gasteiger partial charge on any atom is 0.317 e. The third-order valence-corrected chi connectivity index (χ3v) is 15.0. The Balaban J connectivity index is 1.45. The monoisotopic (exact) mass is 662 g/mol. The molecular formula is C37H54N4O5Si. The summed E-state index contributed by atoms with van der Waals surface area (Å²) in [6.45, 7) is 13.9. The molecule has 2 heterocycles. The lowest BCUT2D eigenvalue weighted by molar-refractivity contribution is -0.128. The molecule has 2 aliphatic rings. The number of rotatable bonds is 12. The Hall–Kier alpha value is -3.21. The number of oxazole rings is 1. The molecule has 0 bridgehead atoms. The van der Waals surface area contributed by atoms with E-state index in [-0.39, 0.29) is 35.4 Å². The number of ether oxygens (including phenoxy) is 1. The largest absolute Gasteiger partial charge is 0.437 e. The first-order valence-corrected chi connectivity index (χ1v) is 20.4. The van der Waals surface area contributed by atoms with Gasteiger partial charge in [-0.3, -0.25) is 4.79 Å². The van der Waals surface area contributed by atoms with Gasteiger partial charge in [0, 0.05) is 19.6 Å². The van der Waals surface area contributed by atoms with Crippen molar-refractivity contribution in [2.75, 3.05) is 39.4 Å². The lowest BCUT2D eigenvalue weighted by atomic mass is 9.79. The Labute approximate surface area is 281 Å². The van der Waals surface area contributed by atoms with Crippen LogP contribution >= 0.6 is 0 Å². The van der Waals surface area contributed by atoms with Crippen molar-refractivity contribution in [1.82, 2.24) is 20.5 Å². The molecule has 0 radical (unpaired) electrons. The molecule has 1 aliphatic heterocycles. The molecule has 2 fully saturated rings. The summed E-state index contributed by atoms with van der Waals surface area (Å²) in [7, 11) is -2.42. The van der Waals surface area contributed by atoms with E-state index in [2.05, 4.69) is 56.6 Å². The number of fused-ring (bicyclic) bond motifs is 1. The summed E-state index contributed by atoms with van der Waals surface area (Å²) < 4.78 is 19.3. The number of amides is 3. The van der Waals surface area contributed by atoms with Crippen molar-refractivity contribution in [3.63, 3.8) is 0 Å². The standard InChI is InChI=1S/C37H54N4O5Si/c1-36(2,3)47(4,5)46-37(21-20-28-14-8-6-9-15-28,34-40-31-18-12-13-19-32(31)45-34)27-39-33(42)30(29-16-10-7-11-17-29)26-38-35(43)41-22-24-44-25-23-41/h6,8-9,12-15,18-19,29-30H,7,10-11,16-17,20-27H2,1-5H3,(H,38,43)(H,39,42). The maximum atomic E-state index is 14.3. The van der Waals surface area contributed by atoms with E-state index in [0.29, 0.717) is 50.7 Å². The highest BCUT2D eigenvalue weighted by Gasteiger charge is 2.49. The number of carbonyl (C=O) groups excluding carboxylic acids is 2. The molecule has 1 saturated heterocycles. The zero-order valence-electron chi connectivity index (χ0n) is 29.0. The van der Waals surface area contributed by atoms with Crippen LogP contribution in [0.3, 0.4) is 0 Å². The van der Waals surface area contributed by atoms with Crippen LogP contribution in [0.2, 0.25) is 18.1 Å². The minimum absolute atomic E-state index is 0.0572. The number of carbonyl (C=O) groups is 2. The number of hydrogen-bond acceptors (Lipinski definition) is 6. The Bertz CT molecular complexity index is 1430. The second-order valence-electron chi connectivity index (χ2n) is 14.8. The normalized spacial score (nSPS) is 18.4. The number of morpholine rings is 1. The van der Waals surface area contributed by atoms with Crippen molar-refractivity contribution < 1.29 is 23.2 Å². The molecule has 2 aromatic carbocycles. The third kappa shape index (κ3) is 8.83. The van der Waals surface area contributed by atoms with Gasteiger partial charge < -0.3 is 29.1 Å². The Morgan fingerprint density at radius 3 is 2.34 bits per heavy atom. The van der Waals surface area contributed by atoms with Crippen LogP contribution in [-0.4, -0.2) is 69.5 Å². The van der Waals surface area contributed by atoms with Gasteiger partial charge in [0.2, 0.25) is 11.8 Å². The van der Waals surface area contributed by atoms with Gasteiger partial charge in [0.05, 0.1) is 25.7 Å². The number of hydrogen-bond donors (Lipinski definition) is 2. The van der Waals surface area contributed by atoms with Crippen molar-refractivity contribution in [3.05, 3.63) is 66.1 Å². The highest BCUT2D eigenvalue weighted by Crippen LogP contribution is 2.44. The second-order valence-corrected chi connectivity index (χ2v) is 19.6. The van der Waals surface area contributed by atoms with Crippen LogP contribution in [0.25, 0.3) is 11.1 Å². The van der Waals surface area contributed by atoms with Gasteiger partial charge in [-0.2, -0.15) is 0 Å². The van der Waals surface area contributed by atoms with E-state index < -0.39 is 13.9 Å². The fraction of sp³-hybridized carbons (Fsp3) is 0.595. The van der Waals surface area contributed by atoms with E-state index in [4.69, 9.17) is 18.6 Å². The van der Waals surface area contributed by atoms with Gasteiger partial charge in [0.15, 0.2) is 19.5 Å². The van der Waals surface area contributed by atoms with Crippen molar-refractivity contribution in [2.45, 2.75) is 89.5 Å². The van der Waals surface area contributed by atoms with E-state index >= 15 is 0 Å². The molecular weight excluding hydrogens is 609 g/mol. The van der Waals surface area contributed by atoms with Gasteiger partial charge in [0.1, 0.15) is 5.52 Å². The molecule has 1 saturated carbocycles. The minimum atomic E-state index is -2.42. The smallest absolute Gasteiger partial charge is 0.317 e. The number of para-hydroxylation sites is 2. The van der Waals surface area contributed by atoms with E-state index in [1.165, 1.54) is 12.0 Å². The zero-order chi connectivity index (χ0) is 33.5. The van der Waals surface area contributed by atoms with Gasteiger partial charge in [0.25, 0.3) is 0 Å². The minimum Gasteiger partial charge on any atom is -0.437 e. The summed E-state index contributed by atoms with van der Waals surface area (Å²) in [5, 5.41) is 6.36. The number of benzene rings is 2. The zero-order valence-corrected chi connectivity index (χ0v) is 30.0. The first kappa shape index (κ1) is 35.1. The van der Waals surface area contributed by atoms with Gasteiger partial charge in [-0.1, -0.05) is 82.5 Å². The number of aryl methyl sites for hydroxylation is 1. The molecule has 3 aromatic rings.